The number of amides is 3. The highest BCUT2D eigenvalue weighted by Crippen LogP contribution is 2.46. The number of urea groups is 1. The molecule has 0 unspecified atom stereocenters. The van der Waals surface area contributed by atoms with Crippen molar-refractivity contribution in [3.05, 3.63) is 99.0 Å². The summed E-state index contributed by atoms with van der Waals surface area (Å²) in [6, 6.07) is 20.5. The third-order valence-electron chi connectivity index (χ3n) is 9.67. The number of rotatable bonds is 7. The van der Waals surface area contributed by atoms with Gasteiger partial charge in [0, 0.05) is 49.3 Å². The molecule has 2 fully saturated rings. The van der Waals surface area contributed by atoms with Crippen LogP contribution in [0.15, 0.2) is 71.7 Å². The van der Waals surface area contributed by atoms with Crippen molar-refractivity contribution in [1.29, 1.82) is 0 Å². The van der Waals surface area contributed by atoms with Gasteiger partial charge in [0.15, 0.2) is 0 Å². The Labute approximate surface area is 317 Å². The molecule has 0 aliphatic carbocycles. The summed E-state index contributed by atoms with van der Waals surface area (Å²) in [5.74, 6) is 1.35. The van der Waals surface area contributed by atoms with E-state index in [0.717, 1.165) is 35.2 Å². The first-order valence-electron chi connectivity index (χ1n) is 17.6. The molecule has 0 bridgehead atoms. The lowest BCUT2D eigenvalue weighted by Crippen LogP contribution is -2.48. The van der Waals surface area contributed by atoms with Gasteiger partial charge in [0.25, 0.3) is 0 Å². The number of carbonyl (C=O) groups is 2. The number of benzene rings is 3. The zero-order valence-electron chi connectivity index (χ0n) is 29.8. The first-order valence-corrected chi connectivity index (χ1v) is 18.3. The maximum absolute atomic E-state index is 15.1. The molecule has 274 valence electrons. The van der Waals surface area contributed by atoms with E-state index in [9.17, 15) is 4.79 Å². The van der Waals surface area contributed by atoms with Gasteiger partial charge in [0.2, 0.25) is 5.91 Å². The van der Waals surface area contributed by atoms with E-state index in [0.29, 0.717) is 80.7 Å². The Hall–Kier alpha value is -3.34. The van der Waals surface area contributed by atoms with Crippen molar-refractivity contribution in [3.8, 4) is 5.75 Å². The zero-order chi connectivity index (χ0) is 35.4. The molecule has 3 heterocycles. The lowest BCUT2D eigenvalue weighted by molar-refractivity contribution is -0.136. The Morgan fingerprint density at radius 3 is 2.12 bits per heavy atom. The molecule has 3 aliphatic rings. The van der Waals surface area contributed by atoms with Crippen LogP contribution in [0.3, 0.4) is 0 Å². The van der Waals surface area contributed by atoms with Gasteiger partial charge in [-0.25, -0.2) is 4.79 Å². The van der Waals surface area contributed by atoms with Gasteiger partial charge in [-0.3, -0.25) is 19.6 Å². The predicted molar refractivity (Wildman–Crippen MR) is 206 cm³/mol. The highest BCUT2D eigenvalue weighted by molar-refractivity contribution is 6.30. The second kappa shape index (κ2) is 17.0. The van der Waals surface area contributed by atoms with E-state index in [1.807, 2.05) is 76.2 Å². The van der Waals surface area contributed by atoms with Crippen LogP contribution < -0.4 is 4.74 Å². The molecular formula is C39H48Cl3N5O4. The molecule has 0 aromatic heterocycles. The Balaban J connectivity index is 0.00000504. The second-order valence-corrected chi connectivity index (χ2v) is 15.0. The maximum Gasteiger partial charge on any atom is 0.326 e. The van der Waals surface area contributed by atoms with Crippen LogP contribution in [0, 0.1) is 0 Å². The van der Waals surface area contributed by atoms with Crippen molar-refractivity contribution in [2.24, 2.45) is 4.99 Å². The van der Waals surface area contributed by atoms with Gasteiger partial charge in [-0.2, -0.15) is 0 Å². The minimum absolute atomic E-state index is 0. The second-order valence-electron chi connectivity index (χ2n) is 14.1. The zero-order valence-corrected chi connectivity index (χ0v) is 32.1. The summed E-state index contributed by atoms with van der Waals surface area (Å²) in [6.45, 7) is 14.0. The van der Waals surface area contributed by atoms with E-state index < -0.39 is 12.1 Å². The lowest BCUT2D eigenvalue weighted by Gasteiger charge is -2.34. The first kappa shape index (κ1) is 38.9. The Morgan fingerprint density at radius 2 is 1.49 bits per heavy atom. The predicted octanol–water partition coefficient (Wildman–Crippen LogP) is 7.64. The molecule has 2 atom stereocenters. The minimum Gasteiger partial charge on any atom is -0.493 e. The van der Waals surface area contributed by atoms with Gasteiger partial charge in [-0.1, -0.05) is 74.3 Å². The summed E-state index contributed by atoms with van der Waals surface area (Å²) in [7, 11) is 0. The summed E-state index contributed by atoms with van der Waals surface area (Å²) in [5.41, 5.74) is 3.64. The Bertz CT molecular complexity index is 1690. The summed E-state index contributed by atoms with van der Waals surface area (Å²) >= 11 is 12.7. The fourth-order valence-electron chi connectivity index (χ4n) is 6.88. The molecule has 51 heavy (non-hydrogen) atoms. The summed E-state index contributed by atoms with van der Waals surface area (Å²) in [6.07, 6.45) is 0.749. The normalized spacial score (nSPS) is 20.0. The number of halogens is 3. The number of ether oxygens (including phenoxy) is 2. The molecule has 0 radical (unpaired) electrons. The number of aliphatic imine (C=N–C) groups is 1. The highest BCUT2D eigenvalue weighted by atomic mass is 35.5. The highest BCUT2D eigenvalue weighted by Gasteiger charge is 2.45. The van der Waals surface area contributed by atoms with Crippen LogP contribution >= 0.6 is 35.6 Å². The van der Waals surface area contributed by atoms with Crippen molar-refractivity contribution in [3.63, 3.8) is 0 Å². The van der Waals surface area contributed by atoms with E-state index in [4.69, 9.17) is 37.7 Å². The average Bonchev–Trinajstić information content (AvgIpc) is 3.34. The molecule has 0 N–H and O–H groups in total. The quantitative estimate of drug-likeness (QED) is 0.248. The maximum atomic E-state index is 15.1. The average molecular weight is 757 g/mol. The number of nitrogens with zero attached hydrogens (tertiary/aromatic N) is 5. The van der Waals surface area contributed by atoms with Gasteiger partial charge >= 0.3 is 6.03 Å². The molecule has 0 spiro atoms. The number of amidine groups is 1. The SMILES string of the molecule is CCOc1cc(C(C)(C)C)ccc1C1=N[C@@H](c2ccc(Cl)cc2)[C@@H](c2ccc(Cl)cc2)N1C(=O)N1CCCN(CC(=O)N2CCOCC2)CC1.Cl. The first-order chi connectivity index (χ1) is 24.0. The largest absolute Gasteiger partial charge is 0.493 e. The van der Waals surface area contributed by atoms with Gasteiger partial charge in [-0.15, -0.1) is 12.4 Å². The Kier molecular flexibility index (Phi) is 13.0. The molecule has 9 nitrogen and oxygen atoms in total. The van der Waals surface area contributed by atoms with Gasteiger partial charge < -0.3 is 19.3 Å². The van der Waals surface area contributed by atoms with Crippen LogP contribution in [0.25, 0.3) is 0 Å². The van der Waals surface area contributed by atoms with Crippen molar-refractivity contribution < 1.29 is 19.1 Å². The molecule has 3 amide bonds. The molecule has 3 aromatic rings. The molecule has 12 heteroatoms. The number of carbonyl (C=O) groups excluding carboxylic acids is 2. The lowest BCUT2D eigenvalue weighted by atomic mass is 9.86. The summed E-state index contributed by atoms with van der Waals surface area (Å²) < 4.78 is 11.7. The number of hydrogen-bond acceptors (Lipinski definition) is 6. The minimum atomic E-state index is -0.463. The van der Waals surface area contributed by atoms with E-state index in [2.05, 4.69) is 37.8 Å². The van der Waals surface area contributed by atoms with E-state index in [1.54, 1.807) is 0 Å². The van der Waals surface area contributed by atoms with Crippen LogP contribution in [0.4, 0.5) is 4.79 Å². The fraction of sp³-hybridized carbons (Fsp3) is 0.462. The van der Waals surface area contributed by atoms with Crippen LogP contribution in [0.2, 0.25) is 10.0 Å². The monoisotopic (exact) mass is 755 g/mol. The van der Waals surface area contributed by atoms with Crippen molar-refractivity contribution in [2.75, 3.05) is 65.6 Å². The van der Waals surface area contributed by atoms with E-state index in [1.165, 1.54) is 0 Å². The van der Waals surface area contributed by atoms with Crippen LogP contribution in [0.5, 0.6) is 5.75 Å². The van der Waals surface area contributed by atoms with Crippen molar-refractivity contribution in [1.82, 2.24) is 19.6 Å². The van der Waals surface area contributed by atoms with Crippen LogP contribution in [0.1, 0.15) is 68.5 Å². The molecule has 0 saturated carbocycles. The van der Waals surface area contributed by atoms with E-state index in [-0.39, 0.29) is 29.8 Å². The van der Waals surface area contributed by atoms with Gasteiger partial charge in [-0.05, 0) is 71.8 Å². The molecule has 3 aromatic carbocycles. The third-order valence-corrected chi connectivity index (χ3v) is 10.2. The number of morpholine rings is 1. The topological polar surface area (TPSA) is 77.9 Å². The standard InChI is InChI=1S/C39H47Cl2N5O4.ClH/c1-5-50-33-25-29(39(2,3)4)11-16-32(33)37-42-35(27-7-12-30(40)13-8-27)36(28-9-14-31(41)15-10-28)46(37)38(48)45-18-6-17-43(19-20-45)26-34(47)44-21-23-49-24-22-44;/h7-16,25,35-36H,5-6,17-24,26H2,1-4H3;1H/t35-,36+;/m0./s1. The van der Waals surface area contributed by atoms with Crippen LogP contribution in [-0.4, -0.2) is 103 Å². The molecular weight excluding hydrogens is 709 g/mol. The van der Waals surface area contributed by atoms with Crippen LogP contribution in [-0.2, 0) is 14.9 Å². The fourth-order valence-corrected chi connectivity index (χ4v) is 7.13. The molecule has 2 saturated heterocycles. The van der Waals surface area contributed by atoms with Gasteiger partial charge in [0.05, 0.1) is 38.0 Å². The molecule has 3 aliphatic heterocycles. The van der Waals surface area contributed by atoms with Gasteiger partial charge in [0.1, 0.15) is 17.6 Å². The number of hydrogen-bond donors (Lipinski definition) is 0. The smallest absolute Gasteiger partial charge is 0.326 e. The summed E-state index contributed by atoms with van der Waals surface area (Å²) in [5, 5.41) is 1.24. The third kappa shape index (κ3) is 9.00. The van der Waals surface area contributed by atoms with Crippen molar-refractivity contribution >= 4 is 53.4 Å². The summed E-state index contributed by atoms with van der Waals surface area (Å²) in [4.78, 5) is 41.3. The Morgan fingerprint density at radius 1 is 0.843 bits per heavy atom. The van der Waals surface area contributed by atoms with E-state index >= 15 is 4.79 Å². The van der Waals surface area contributed by atoms with Crippen molar-refractivity contribution in [2.45, 2.75) is 51.6 Å². The molecule has 6 rings (SSSR count).